The third-order valence-electron chi connectivity index (χ3n) is 3.98. The van der Waals surface area contributed by atoms with Gasteiger partial charge in [0, 0.05) is 0 Å². The maximum Gasteiger partial charge on any atom is -0.0383 e. The summed E-state index contributed by atoms with van der Waals surface area (Å²) >= 11 is 0. The van der Waals surface area contributed by atoms with Gasteiger partial charge in [0.1, 0.15) is 0 Å². The zero-order chi connectivity index (χ0) is 13.9. The minimum Gasteiger partial charge on any atom is -0.0654 e. The van der Waals surface area contributed by atoms with Gasteiger partial charge in [-0.15, -0.1) is 0 Å². The quantitative estimate of drug-likeness (QED) is 0.349. The molecule has 0 nitrogen and oxygen atoms in total. The molecule has 0 heteroatoms. The molecular formula is C18H38. The fraction of sp³-hybridized carbons (Fsp3) is 1.00. The SMILES string of the molecule is CCCCCCC(CCCCC)CCC(C)(C)C. The Balaban J connectivity index is 3.84. The van der Waals surface area contributed by atoms with Gasteiger partial charge in [-0.2, -0.15) is 0 Å². The minimum absolute atomic E-state index is 0.520. The first-order valence-electron chi connectivity index (χ1n) is 8.49. The van der Waals surface area contributed by atoms with Crippen LogP contribution in [0.4, 0.5) is 0 Å². The summed E-state index contributed by atoms with van der Waals surface area (Å²) in [5.41, 5.74) is 0.520. The Labute approximate surface area is 117 Å². The molecular weight excluding hydrogens is 216 g/mol. The Morgan fingerprint density at radius 3 is 1.67 bits per heavy atom. The van der Waals surface area contributed by atoms with Crippen LogP contribution in [0.1, 0.15) is 105 Å². The number of hydrogen-bond donors (Lipinski definition) is 0. The number of rotatable bonds is 11. The molecule has 0 N–H and O–H groups in total. The second kappa shape index (κ2) is 10.9. The second-order valence-corrected chi connectivity index (χ2v) is 7.31. The van der Waals surface area contributed by atoms with E-state index >= 15 is 0 Å². The molecule has 0 radical (unpaired) electrons. The van der Waals surface area contributed by atoms with E-state index in [1.807, 2.05) is 0 Å². The highest BCUT2D eigenvalue weighted by atomic mass is 14.2. The zero-order valence-corrected chi connectivity index (χ0v) is 13.9. The van der Waals surface area contributed by atoms with E-state index in [4.69, 9.17) is 0 Å². The molecule has 0 amide bonds. The van der Waals surface area contributed by atoms with E-state index in [0.717, 1.165) is 5.92 Å². The third-order valence-corrected chi connectivity index (χ3v) is 3.98. The lowest BCUT2D eigenvalue weighted by Gasteiger charge is -2.23. The van der Waals surface area contributed by atoms with Gasteiger partial charge in [-0.25, -0.2) is 0 Å². The van der Waals surface area contributed by atoms with E-state index < -0.39 is 0 Å². The molecule has 0 aliphatic rings. The van der Waals surface area contributed by atoms with Crippen LogP contribution in [-0.2, 0) is 0 Å². The van der Waals surface area contributed by atoms with Gasteiger partial charge in [0.15, 0.2) is 0 Å². The molecule has 0 aromatic heterocycles. The van der Waals surface area contributed by atoms with E-state index in [2.05, 4.69) is 34.6 Å². The van der Waals surface area contributed by atoms with Crippen molar-refractivity contribution in [3.63, 3.8) is 0 Å². The van der Waals surface area contributed by atoms with Crippen LogP contribution in [0.25, 0.3) is 0 Å². The highest BCUT2D eigenvalue weighted by molar-refractivity contribution is 4.67. The molecule has 0 rings (SSSR count). The number of unbranched alkanes of at least 4 members (excludes halogenated alkanes) is 5. The summed E-state index contributed by atoms with van der Waals surface area (Å²) in [6, 6.07) is 0. The molecule has 0 saturated heterocycles. The summed E-state index contributed by atoms with van der Waals surface area (Å²) in [6.07, 6.45) is 15.8. The molecule has 18 heavy (non-hydrogen) atoms. The summed E-state index contributed by atoms with van der Waals surface area (Å²) in [5.74, 6) is 1.01. The zero-order valence-electron chi connectivity index (χ0n) is 13.9. The van der Waals surface area contributed by atoms with Crippen molar-refractivity contribution in [3.8, 4) is 0 Å². The van der Waals surface area contributed by atoms with Gasteiger partial charge in [0.05, 0.1) is 0 Å². The Kier molecular flexibility index (Phi) is 10.9. The maximum absolute atomic E-state index is 2.38. The molecule has 0 aliphatic carbocycles. The van der Waals surface area contributed by atoms with Crippen LogP contribution in [0.15, 0.2) is 0 Å². The average molecular weight is 255 g/mol. The Hall–Kier alpha value is 0. The van der Waals surface area contributed by atoms with Gasteiger partial charge < -0.3 is 0 Å². The van der Waals surface area contributed by atoms with Crippen molar-refractivity contribution >= 4 is 0 Å². The van der Waals surface area contributed by atoms with Crippen LogP contribution in [-0.4, -0.2) is 0 Å². The van der Waals surface area contributed by atoms with Gasteiger partial charge in [-0.3, -0.25) is 0 Å². The van der Waals surface area contributed by atoms with Gasteiger partial charge in [0.25, 0.3) is 0 Å². The van der Waals surface area contributed by atoms with Crippen LogP contribution >= 0.6 is 0 Å². The van der Waals surface area contributed by atoms with Crippen molar-refractivity contribution in [1.82, 2.24) is 0 Å². The van der Waals surface area contributed by atoms with Crippen LogP contribution in [0.3, 0.4) is 0 Å². The molecule has 1 atom stereocenters. The van der Waals surface area contributed by atoms with Crippen molar-refractivity contribution in [2.24, 2.45) is 11.3 Å². The Bertz CT molecular complexity index is 163. The highest BCUT2D eigenvalue weighted by Crippen LogP contribution is 2.29. The first-order chi connectivity index (χ1) is 8.49. The van der Waals surface area contributed by atoms with Crippen molar-refractivity contribution in [1.29, 1.82) is 0 Å². The smallest absolute Gasteiger partial charge is 0.0383 e. The van der Waals surface area contributed by atoms with Crippen molar-refractivity contribution in [3.05, 3.63) is 0 Å². The van der Waals surface area contributed by atoms with Crippen LogP contribution in [0.2, 0.25) is 0 Å². The van der Waals surface area contributed by atoms with E-state index in [-0.39, 0.29) is 0 Å². The maximum atomic E-state index is 2.38. The van der Waals surface area contributed by atoms with Crippen molar-refractivity contribution in [2.75, 3.05) is 0 Å². The van der Waals surface area contributed by atoms with Crippen LogP contribution in [0, 0.1) is 11.3 Å². The van der Waals surface area contributed by atoms with Crippen LogP contribution < -0.4 is 0 Å². The van der Waals surface area contributed by atoms with Gasteiger partial charge >= 0.3 is 0 Å². The van der Waals surface area contributed by atoms with E-state index in [0.29, 0.717) is 5.41 Å². The normalized spacial score (nSPS) is 13.8. The fourth-order valence-electron chi connectivity index (χ4n) is 2.61. The lowest BCUT2D eigenvalue weighted by molar-refractivity contribution is 0.294. The Morgan fingerprint density at radius 1 is 0.667 bits per heavy atom. The molecule has 0 saturated carbocycles. The standard InChI is InChI=1S/C18H38/c1-6-8-10-12-14-17(13-11-9-7-2)15-16-18(3,4)5/h17H,6-16H2,1-5H3. The lowest BCUT2D eigenvalue weighted by atomic mass is 9.83. The largest absolute Gasteiger partial charge is 0.0654 e. The first-order valence-corrected chi connectivity index (χ1v) is 8.49. The summed E-state index contributed by atoms with van der Waals surface area (Å²) in [5, 5.41) is 0. The number of hydrogen-bond acceptors (Lipinski definition) is 0. The van der Waals surface area contributed by atoms with Gasteiger partial charge in [0.2, 0.25) is 0 Å². The Morgan fingerprint density at radius 2 is 1.17 bits per heavy atom. The topological polar surface area (TPSA) is 0 Å². The van der Waals surface area contributed by atoms with Gasteiger partial charge in [-0.05, 0) is 24.2 Å². The molecule has 0 aromatic carbocycles. The molecule has 1 unspecified atom stereocenters. The molecule has 0 aromatic rings. The summed E-state index contributed by atoms with van der Waals surface area (Å²) in [4.78, 5) is 0. The van der Waals surface area contributed by atoms with Crippen molar-refractivity contribution < 1.29 is 0 Å². The molecule has 0 bridgehead atoms. The van der Waals surface area contributed by atoms with E-state index in [1.165, 1.54) is 70.6 Å². The predicted octanol–water partition coefficient (Wildman–Crippen LogP) is 6.98. The molecule has 0 fully saturated rings. The van der Waals surface area contributed by atoms with Crippen LogP contribution in [0.5, 0.6) is 0 Å². The molecule has 110 valence electrons. The summed E-state index contributed by atoms with van der Waals surface area (Å²) in [6.45, 7) is 11.8. The van der Waals surface area contributed by atoms with E-state index in [9.17, 15) is 0 Å². The highest BCUT2D eigenvalue weighted by Gasteiger charge is 2.15. The summed E-state index contributed by atoms with van der Waals surface area (Å²) < 4.78 is 0. The second-order valence-electron chi connectivity index (χ2n) is 7.31. The van der Waals surface area contributed by atoms with E-state index in [1.54, 1.807) is 0 Å². The molecule has 0 heterocycles. The molecule has 0 aliphatic heterocycles. The monoisotopic (exact) mass is 254 g/mol. The first kappa shape index (κ1) is 18.0. The lowest BCUT2D eigenvalue weighted by Crippen LogP contribution is -2.09. The third kappa shape index (κ3) is 12.5. The minimum atomic E-state index is 0.520. The fourth-order valence-corrected chi connectivity index (χ4v) is 2.61. The average Bonchev–Trinajstić information content (AvgIpc) is 2.29. The van der Waals surface area contributed by atoms with Gasteiger partial charge in [-0.1, -0.05) is 92.4 Å². The van der Waals surface area contributed by atoms with Crippen molar-refractivity contribution in [2.45, 2.75) is 105 Å². The predicted molar refractivity (Wildman–Crippen MR) is 85.1 cm³/mol. The summed E-state index contributed by atoms with van der Waals surface area (Å²) in [7, 11) is 0. The molecule has 0 spiro atoms.